The van der Waals surface area contributed by atoms with Gasteiger partial charge in [-0.25, -0.2) is 17.5 Å². The first kappa shape index (κ1) is 17.9. The maximum absolute atomic E-state index is 13.6. The molecular formula is C15H25FN2O2S. The molecule has 0 aliphatic carbocycles. The summed E-state index contributed by atoms with van der Waals surface area (Å²) in [6, 6.07) is 2.11. The highest BCUT2D eigenvalue weighted by Crippen LogP contribution is 2.21. The van der Waals surface area contributed by atoms with Gasteiger partial charge in [0.1, 0.15) is 5.82 Å². The minimum absolute atomic E-state index is 0.126. The van der Waals surface area contributed by atoms with E-state index in [1.54, 1.807) is 0 Å². The summed E-state index contributed by atoms with van der Waals surface area (Å²) < 4.78 is 40.6. The third-order valence-electron chi connectivity index (χ3n) is 3.44. The van der Waals surface area contributed by atoms with Crippen molar-refractivity contribution in [2.24, 2.45) is 5.92 Å². The quantitative estimate of drug-likeness (QED) is 0.759. The lowest BCUT2D eigenvalue weighted by atomic mass is 10.0. The second-order valence-electron chi connectivity index (χ2n) is 5.97. The minimum Gasteiger partial charge on any atom is -0.398 e. The number of rotatable bonds is 7. The van der Waals surface area contributed by atoms with E-state index in [0.717, 1.165) is 25.3 Å². The number of nitrogens with two attached hydrogens (primary N) is 1. The molecule has 120 valence electrons. The van der Waals surface area contributed by atoms with Crippen LogP contribution in [0.1, 0.15) is 45.6 Å². The normalized spacial score (nSPS) is 13.6. The van der Waals surface area contributed by atoms with Gasteiger partial charge in [0.05, 0.1) is 4.90 Å². The highest BCUT2D eigenvalue weighted by molar-refractivity contribution is 7.89. The van der Waals surface area contributed by atoms with Gasteiger partial charge in [-0.15, -0.1) is 0 Å². The molecule has 1 aromatic rings. The molecule has 1 aromatic carbocycles. The van der Waals surface area contributed by atoms with Gasteiger partial charge < -0.3 is 5.73 Å². The summed E-state index contributed by atoms with van der Waals surface area (Å²) in [6.45, 7) is 7.59. The molecule has 0 heterocycles. The number of benzene rings is 1. The third kappa shape index (κ3) is 5.28. The Balaban J connectivity index is 2.78. The van der Waals surface area contributed by atoms with Crippen molar-refractivity contribution in [3.8, 4) is 0 Å². The van der Waals surface area contributed by atoms with Crippen LogP contribution in [0.15, 0.2) is 17.0 Å². The molecule has 0 saturated carbocycles. The Bertz CT molecular complexity index is 562. The van der Waals surface area contributed by atoms with Gasteiger partial charge in [-0.05, 0) is 38.3 Å². The monoisotopic (exact) mass is 316 g/mol. The van der Waals surface area contributed by atoms with E-state index in [1.165, 1.54) is 13.0 Å². The molecule has 0 aromatic heterocycles. The Labute approximate surface area is 127 Å². The molecule has 0 radical (unpaired) electrons. The molecular weight excluding hydrogens is 291 g/mol. The lowest BCUT2D eigenvalue weighted by Gasteiger charge is -2.15. The third-order valence-corrected chi connectivity index (χ3v) is 5.01. The molecule has 1 rings (SSSR count). The fraction of sp³-hybridized carbons (Fsp3) is 0.600. The first-order chi connectivity index (χ1) is 9.63. The standard InChI is InChI=1S/C15H25FN2O2S/c1-10(2)6-5-7-11(3)18-21(19,20)13-8-14(16)12(4)15(17)9-13/h8-11,18H,5-7,17H2,1-4H3. The smallest absolute Gasteiger partial charge is 0.240 e. The average Bonchev–Trinajstić information content (AvgIpc) is 2.34. The van der Waals surface area contributed by atoms with Crippen LogP contribution in [-0.4, -0.2) is 14.5 Å². The Hall–Kier alpha value is -1.14. The number of hydrogen-bond acceptors (Lipinski definition) is 3. The van der Waals surface area contributed by atoms with Crippen molar-refractivity contribution < 1.29 is 12.8 Å². The molecule has 4 nitrogen and oxygen atoms in total. The van der Waals surface area contributed by atoms with E-state index in [2.05, 4.69) is 18.6 Å². The van der Waals surface area contributed by atoms with Crippen molar-refractivity contribution >= 4 is 15.7 Å². The minimum atomic E-state index is -3.74. The molecule has 6 heteroatoms. The zero-order chi connectivity index (χ0) is 16.2. The predicted octanol–water partition coefficient (Wildman–Crippen LogP) is 3.21. The second-order valence-corrected chi connectivity index (χ2v) is 7.68. The lowest BCUT2D eigenvalue weighted by molar-refractivity contribution is 0.488. The molecule has 0 aliphatic heterocycles. The topological polar surface area (TPSA) is 72.2 Å². The first-order valence-electron chi connectivity index (χ1n) is 7.21. The zero-order valence-corrected chi connectivity index (χ0v) is 13.9. The van der Waals surface area contributed by atoms with Gasteiger partial charge in [-0.2, -0.15) is 0 Å². The van der Waals surface area contributed by atoms with Gasteiger partial charge in [0.25, 0.3) is 0 Å². The lowest BCUT2D eigenvalue weighted by Crippen LogP contribution is -2.32. The SMILES string of the molecule is Cc1c(N)cc(S(=O)(=O)NC(C)CCCC(C)C)cc1F. The van der Waals surface area contributed by atoms with E-state index in [0.29, 0.717) is 5.92 Å². The van der Waals surface area contributed by atoms with Crippen molar-refractivity contribution in [3.05, 3.63) is 23.5 Å². The van der Waals surface area contributed by atoms with E-state index in [-0.39, 0.29) is 22.2 Å². The second kappa shape index (κ2) is 7.22. The van der Waals surface area contributed by atoms with E-state index in [9.17, 15) is 12.8 Å². The summed E-state index contributed by atoms with van der Waals surface area (Å²) in [4.78, 5) is -0.126. The zero-order valence-electron chi connectivity index (χ0n) is 13.1. The Kier molecular flexibility index (Phi) is 6.16. The molecule has 3 N–H and O–H groups in total. The highest BCUT2D eigenvalue weighted by Gasteiger charge is 2.19. The Morgan fingerprint density at radius 2 is 1.86 bits per heavy atom. The number of nitrogen functional groups attached to an aromatic ring is 1. The summed E-state index contributed by atoms with van der Waals surface area (Å²) in [5.41, 5.74) is 6.03. The van der Waals surface area contributed by atoms with Crippen molar-refractivity contribution in [2.45, 2.75) is 57.9 Å². The molecule has 0 fully saturated rings. The van der Waals surface area contributed by atoms with E-state index >= 15 is 0 Å². The van der Waals surface area contributed by atoms with Crippen LogP contribution in [0, 0.1) is 18.7 Å². The number of nitrogens with one attached hydrogen (secondary N) is 1. The van der Waals surface area contributed by atoms with Crippen molar-refractivity contribution in [1.29, 1.82) is 0 Å². The van der Waals surface area contributed by atoms with Crippen molar-refractivity contribution in [1.82, 2.24) is 4.72 Å². The van der Waals surface area contributed by atoms with Crippen LogP contribution < -0.4 is 10.5 Å². The van der Waals surface area contributed by atoms with E-state index < -0.39 is 15.8 Å². The maximum Gasteiger partial charge on any atom is 0.240 e. The van der Waals surface area contributed by atoms with Gasteiger partial charge in [0, 0.05) is 17.3 Å². The Morgan fingerprint density at radius 1 is 1.24 bits per heavy atom. The van der Waals surface area contributed by atoms with Crippen LogP contribution in [0.25, 0.3) is 0 Å². The van der Waals surface area contributed by atoms with Crippen LogP contribution in [-0.2, 0) is 10.0 Å². The van der Waals surface area contributed by atoms with Crippen LogP contribution in [0.5, 0.6) is 0 Å². The highest BCUT2D eigenvalue weighted by atomic mass is 32.2. The first-order valence-corrected chi connectivity index (χ1v) is 8.69. The summed E-state index contributed by atoms with van der Waals surface area (Å²) in [6.07, 6.45) is 2.76. The Morgan fingerprint density at radius 3 is 2.38 bits per heavy atom. The largest absolute Gasteiger partial charge is 0.398 e. The molecule has 21 heavy (non-hydrogen) atoms. The summed E-state index contributed by atoms with van der Waals surface area (Å²) in [7, 11) is -3.74. The molecule has 0 bridgehead atoms. The fourth-order valence-electron chi connectivity index (χ4n) is 2.05. The molecule has 0 aliphatic rings. The summed E-state index contributed by atoms with van der Waals surface area (Å²) in [5.74, 6) is -0.0114. The number of hydrogen-bond donors (Lipinski definition) is 2. The number of anilines is 1. The van der Waals surface area contributed by atoms with Crippen molar-refractivity contribution in [3.63, 3.8) is 0 Å². The molecule has 0 spiro atoms. The molecule has 1 unspecified atom stereocenters. The summed E-state index contributed by atoms with van der Waals surface area (Å²) in [5, 5.41) is 0. The van der Waals surface area contributed by atoms with Gasteiger partial charge in [-0.3, -0.25) is 0 Å². The number of sulfonamides is 1. The van der Waals surface area contributed by atoms with Crippen LogP contribution >= 0.6 is 0 Å². The van der Waals surface area contributed by atoms with Crippen LogP contribution in [0.2, 0.25) is 0 Å². The summed E-state index contributed by atoms with van der Waals surface area (Å²) >= 11 is 0. The molecule has 1 atom stereocenters. The van der Waals surface area contributed by atoms with Gasteiger partial charge in [0.2, 0.25) is 10.0 Å². The fourth-order valence-corrected chi connectivity index (χ4v) is 3.38. The number of halogens is 1. The van der Waals surface area contributed by atoms with Crippen LogP contribution in [0.4, 0.5) is 10.1 Å². The average molecular weight is 316 g/mol. The maximum atomic E-state index is 13.6. The van der Waals surface area contributed by atoms with E-state index in [1.807, 2.05) is 6.92 Å². The molecule has 0 saturated heterocycles. The predicted molar refractivity (Wildman–Crippen MR) is 84.0 cm³/mol. The van der Waals surface area contributed by atoms with Gasteiger partial charge >= 0.3 is 0 Å². The van der Waals surface area contributed by atoms with Crippen molar-refractivity contribution in [2.75, 3.05) is 5.73 Å². The molecule has 0 amide bonds. The van der Waals surface area contributed by atoms with Crippen LogP contribution in [0.3, 0.4) is 0 Å². The van der Waals surface area contributed by atoms with E-state index in [4.69, 9.17) is 5.73 Å². The van der Waals surface area contributed by atoms with Gasteiger partial charge in [0.15, 0.2) is 0 Å². The van der Waals surface area contributed by atoms with Gasteiger partial charge in [-0.1, -0.05) is 26.7 Å².